The maximum Gasteiger partial charge on any atom is 0.339 e. The van der Waals surface area contributed by atoms with Crippen molar-refractivity contribution in [1.82, 2.24) is 4.98 Å². The molecule has 3 heterocycles. The summed E-state index contributed by atoms with van der Waals surface area (Å²) in [4.78, 5) is 17.6. The van der Waals surface area contributed by atoms with Gasteiger partial charge in [0.25, 0.3) is 0 Å². The number of nitrogens with zero attached hydrogens (tertiary/aromatic N) is 1. The van der Waals surface area contributed by atoms with E-state index in [1.165, 1.54) is 11.1 Å². The lowest BCUT2D eigenvalue weighted by atomic mass is 10.00. The van der Waals surface area contributed by atoms with E-state index in [-0.39, 0.29) is 24.0 Å². The first-order valence-electron chi connectivity index (χ1n) is 9.59. The van der Waals surface area contributed by atoms with Gasteiger partial charge in [0.05, 0.1) is 5.56 Å². The van der Waals surface area contributed by atoms with Gasteiger partial charge in [-0.1, -0.05) is 27.7 Å². The Hall–Kier alpha value is -1.50. The van der Waals surface area contributed by atoms with Crippen LogP contribution in [0.25, 0.3) is 0 Å². The van der Waals surface area contributed by atoms with Gasteiger partial charge in [0, 0.05) is 25.2 Å². The molecule has 0 spiro atoms. The number of esters is 1. The first-order valence-corrected chi connectivity index (χ1v) is 9.59. The summed E-state index contributed by atoms with van der Waals surface area (Å²) in [5, 5.41) is 0. The molecular weight excluding hydrogens is 332 g/mol. The van der Waals surface area contributed by atoms with E-state index in [9.17, 15) is 4.79 Å². The number of quaternary nitrogens is 1. The molecule has 144 valence electrons. The predicted molar refractivity (Wildman–Crippen MR) is 96.6 cm³/mol. The molecule has 4 atom stereocenters. The Balaban J connectivity index is 1.72. The molecule has 6 heteroatoms. The van der Waals surface area contributed by atoms with Crippen molar-refractivity contribution < 1.29 is 23.9 Å². The average molecular weight is 363 g/mol. The van der Waals surface area contributed by atoms with Crippen LogP contribution in [-0.4, -0.2) is 48.8 Å². The molecule has 3 rings (SSSR count). The van der Waals surface area contributed by atoms with Crippen LogP contribution in [0.2, 0.25) is 0 Å². The van der Waals surface area contributed by atoms with Crippen LogP contribution in [0.15, 0.2) is 24.5 Å². The molecule has 0 radical (unpaired) electrons. The highest BCUT2D eigenvalue weighted by Crippen LogP contribution is 2.24. The average Bonchev–Trinajstić information content (AvgIpc) is 3.12. The third-order valence-corrected chi connectivity index (χ3v) is 5.18. The Morgan fingerprint density at radius 2 is 1.85 bits per heavy atom. The Labute approximate surface area is 155 Å². The molecular formula is C20H31N2O4+. The van der Waals surface area contributed by atoms with Gasteiger partial charge in [-0.05, 0) is 24.0 Å². The number of hydrogen-bond acceptors (Lipinski definition) is 5. The summed E-state index contributed by atoms with van der Waals surface area (Å²) in [6.07, 6.45) is 5.32. The standard InChI is InChI=1S/C20H30N2O4/c1-14(2)8-17-22-18(9-15(3)4)25-12-20(22,11-24-17)13-26-19(23)16-6-5-7-21-10-16/h5-7,10,14-15,17-18H,8-9,11-13H2,1-4H3/p+1/t17-,18+,20?. The van der Waals surface area contributed by atoms with Crippen molar-refractivity contribution in [3.05, 3.63) is 30.1 Å². The smallest absolute Gasteiger partial charge is 0.339 e. The molecule has 1 aromatic heterocycles. The van der Waals surface area contributed by atoms with Crippen LogP contribution in [-0.2, 0) is 14.2 Å². The molecule has 0 saturated carbocycles. The lowest BCUT2D eigenvalue weighted by molar-refractivity contribution is -0.989. The fourth-order valence-corrected chi connectivity index (χ4v) is 3.98. The van der Waals surface area contributed by atoms with Crippen molar-refractivity contribution in [3.63, 3.8) is 0 Å². The summed E-state index contributed by atoms with van der Waals surface area (Å²) >= 11 is 0. The van der Waals surface area contributed by atoms with Gasteiger partial charge >= 0.3 is 5.97 Å². The van der Waals surface area contributed by atoms with Gasteiger partial charge in [-0.3, -0.25) is 9.88 Å². The highest BCUT2D eigenvalue weighted by Gasteiger charge is 2.61. The van der Waals surface area contributed by atoms with E-state index in [1.54, 1.807) is 18.3 Å². The van der Waals surface area contributed by atoms with Gasteiger partial charge in [0.2, 0.25) is 0 Å². The van der Waals surface area contributed by atoms with Crippen LogP contribution in [0.1, 0.15) is 50.9 Å². The molecule has 2 aliphatic heterocycles. The molecule has 0 bridgehead atoms. The summed E-state index contributed by atoms with van der Waals surface area (Å²) in [5.74, 6) is 0.745. The normalized spacial score (nSPS) is 30.8. The molecule has 2 unspecified atom stereocenters. The molecule has 0 aromatic carbocycles. The van der Waals surface area contributed by atoms with Crippen LogP contribution >= 0.6 is 0 Å². The lowest BCUT2D eigenvalue weighted by Gasteiger charge is -2.31. The van der Waals surface area contributed by atoms with Gasteiger partial charge in [-0.15, -0.1) is 0 Å². The largest absolute Gasteiger partial charge is 0.455 e. The topological polar surface area (TPSA) is 62.1 Å². The monoisotopic (exact) mass is 363 g/mol. The molecule has 0 aliphatic carbocycles. The Morgan fingerprint density at radius 1 is 1.23 bits per heavy atom. The fraction of sp³-hybridized carbons (Fsp3) is 0.700. The number of carbonyl (C=O) groups is 1. The number of ether oxygens (including phenoxy) is 3. The van der Waals surface area contributed by atoms with Gasteiger partial charge in [-0.2, -0.15) is 0 Å². The summed E-state index contributed by atoms with van der Waals surface area (Å²) < 4.78 is 18.0. The number of nitrogens with one attached hydrogen (secondary N) is 1. The second-order valence-electron chi connectivity index (χ2n) is 8.41. The molecule has 1 N–H and O–H groups in total. The lowest BCUT2D eigenvalue weighted by Crippen LogP contribution is -3.23. The van der Waals surface area contributed by atoms with Gasteiger partial charge in [0.1, 0.15) is 13.2 Å². The van der Waals surface area contributed by atoms with Gasteiger partial charge in [-0.25, -0.2) is 4.79 Å². The second kappa shape index (κ2) is 8.03. The first kappa shape index (κ1) is 19.3. The minimum atomic E-state index is -0.341. The minimum Gasteiger partial charge on any atom is -0.455 e. The van der Waals surface area contributed by atoms with Crippen molar-refractivity contribution in [3.8, 4) is 0 Å². The predicted octanol–water partition coefficient (Wildman–Crippen LogP) is 1.67. The number of aromatic nitrogens is 1. The summed E-state index contributed by atoms with van der Waals surface area (Å²) in [6, 6.07) is 3.46. The molecule has 2 fully saturated rings. The van der Waals surface area contributed by atoms with Gasteiger partial charge in [0.15, 0.2) is 24.6 Å². The molecule has 6 nitrogen and oxygen atoms in total. The zero-order valence-electron chi connectivity index (χ0n) is 16.2. The summed E-state index contributed by atoms with van der Waals surface area (Å²) in [6.45, 7) is 10.3. The van der Waals surface area contributed by atoms with Crippen LogP contribution in [0.5, 0.6) is 0 Å². The number of fused-ring (bicyclic) bond motifs is 1. The quantitative estimate of drug-likeness (QED) is 0.747. The van der Waals surface area contributed by atoms with E-state index in [1.807, 2.05) is 0 Å². The third-order valence-electron chi connectivity index (χ3n) is 5.18. The Kier molecular flexibility index (Phi) is 5.95. The molecule has 1 aromatic rings. The molecule has 26 heavy (non-hydrogen) atoms. The highest BCUT2D eigenvalue weighted by molar-refractivity contribution is 5.88. The van der Waals surface area contributed by atoms with Crippen molar-refractivity contribution >= 4 is 5.97 Å². The van der Waals surface area contributed by atoms with Crippen LogP contribution in [0, 0.1) is 11.8 Å². The zero-order valence-corrected chi connectivity index (χ0v) is 16.2. The van der Waals surface area contributed by atoms with Crippen LogP contribution in [0.3, 0.4) is 0 Å². The number of hydrogen-bond donors (Lipinski definition) is 1. The van der Waals surface area contributed by atoms with E-state index in [0.717, 1.165) is 12.8 Å². The fourth-order valence-electron chi connectivity index (χ4n) is 3.98. The van der Waals surface area contributed by atoms with E-state index in [0.29, 0.717) is 37.2 Å². The summed E-state index contributed by atoms with van der Waals surface area (Å²) in [7, 11) is 0. The van der Waals surface area contributed by atoms with Crippen LogP contribution < -0.4 is 4.90 Å². The minimum absolute atomic E-state index is 0.0957. The zero-order chi connectivity index (χ0) is 18.7. The van der Waals surface area contributed by atoms with Crippen molar-refractivity contribution in [1.29, 1.82) is 0 Å². The summed E-state index contributed by atoms with van der Waals surface area (Å²) in [5.41, 5.74) is 0.164. The van der Waals surface area contributed by atoms with E-state index >= 15 is 0 Å². The molecule has 2 saturated heterocycles. The van der Waals surface area contributed by atoms with Crippen molar-refractivity contribution in [2.45, 2.75) is 58.5 Å². The highest BCUT2D eigenvalue weighted by atomic mass is 16.6. The maximum absolute atomic E-state index is 12.4. The number of pyridine rings is 1. The van der Waals surface area contributed by atoms with E-state index in [4.69, 9.17) is 14.2 Å². The SMILES string of the molecule is CC(C)C[C@@H]1OCC2(COC(=O)c3cccnc3)CO[C@H](CC(C)C)[NH+]12. The second-order valence-corrected chi connectivity index (χ2v) is 8.41. The van der Waals surface area contributed by atoms with Crippen molar-refractivity contribution in [2.24, 2.45) is 11.8 Å². The molecule has 0 amide bonds. The Morgan fingerprint density at radius 3 is 2.35 bits per heavy atom. The molecule has 2 aliphatic rings. The number of rotatable bonds is 7. The third kappa shape index (κ3) is 4.08. The van der Waals surface area contributed by atoms with E-state index < -0.39 is 0 Å². The van der Waals surface area contributed by atoms with E-state index in [2.05, 4.69) is 32.7 Å². The van der Waals surface area contributed by atoms with Crippen LogP contribution in [0.4, 0.5) is 0 Å². The maximum atomic E-state index is 12.4. The van der Waals surface area contributed by atoms with Crippen molar-refractivity contribution in [2.75, 3.05) is 19.8 Å². The Bertz CT molecular complexity index is 583. The number of carbonyl (C=O) groups excluding carboxylic acids is 1. The first-order chi connectivity index (χ1) is 12.4. The van der Waals surface area contributed by atoms with Gasteiger partial charge < -0.3 is 14.2 Å².